The molecule has 1 heterocycles. The largest absolute Gasteiger partial charge is 0.497 e. The Labute approximate surface area is 131 Å². The molecular formula is C15H23NO5S. The summed E-state index contributed by atoms with van der Waals surface area (Å²) in [6.07, 6.45) is 2.97. The fourth-order valence-electron chi connectivity index (χ4n) is 2.21. The van der Waals surface area contributed by atoms with Gasteiger partial charge in [-0.1, -0.05) is 0 Å². The average molecular weight is 329 g/mol. The minimum absolute atomic E-state index is 0.205. The molecular weight excluding hydrogens is 306 g/mol. The highest BCUT2D eigenvalue weighted by Crippen LogP contribution is 2.15. The SMILES string of the molecule is COc1ccc(S(=O)(=O)NCCCOC[C@H]2CCCO2)cc1. The van der Waals surface area contributed by atoms with Gasteiger partial charge in [-0.2, -0.15) is 0 Å². The van der Waals surface area contributed by atoms with Crippen molar-refractivity contribution in [3.63, 3.8) is 0 Å². The number of ether oxygens (including phenoxy) is 3. The third-order valence-electron chi connectivity index (χ3n) is 3.46. The molecule has 1 saturated heterocycles. The standard InChI is InChI=1S/C15H23NO5S/c1-19-13-5-7-15(8-6-13)22(17,18)16-9-3-10-20-12-14-4-2-11-21-14/h5-8,14,16H,2-4,9-12H2,1H3/t14-/m1/s1. The number of hydrogen-bond donors (Lipinski definition) is 1. The maximum absolute atomic E-state index is 12.1. The smallest absolute Gasteiger partial charge is 0.240 e. The van der Waals surface area contributed by atoms with Gasteiger partial charge >= 0.3 is 0 Å². The number of rotatable bonds is 9. The van der Waals surface area contributed by atoms with Gasteiger partial charge < -0.3 is 14.2 Å². The van der Waals surface area contributed by atoms with Crippen LogP contribution in [0, 0.1) is 0 Å². The van der Waals surface area contributed by atoms with Crippen molar-refractivity contribution < 1.29 is 22.6 Å². The van der Waals surface area contributed by atoms with Gasteiger partial charge in [-0.15, -0.1) is 0 Å². The summed E-state index contributed by atoms with van der Waals surface area (Å²) in [5.41, 5.74) is 0. The van der Waals surface area contributed by atoms with E-state index >= 15 is 0 Å². The first-order chi connectivity index (χ1) is 10.6. The van der Waals surface area contributed by atoms with Crippen molar-refractivity contribution in [1.82, 2.24) is 4.72 Å². The number of benzene rings is 1. The molecule has 1 fully saturated rings. The van der Waals surface area contributed by atoms with Crippen LogP contribution in [0.5, 0.6) is 5.75 Å². The molecule has 0 aromatic heterocycles. The van der Waals surface area contributed by atoms with Crippen molar-refractivity contribution >= 4 is 10.0 Å². The molecule has 7 heteroatoms. The van der Waals surface area contributed by atoms with E-state index in [2.05, 4.69) is 4.72 Å². The first kappa shape index (κ1) is 17.2. The van der Waals surface area contributed by atoms with Crippen LogP contribution < -0.4 is 9.46 Å². The van der Waals surface area contributed by atoms with E-state index in [0.717, 1.165) is 19.4 Å². The highest BCUT2D eigenvalue weighted by Gasteiger charge is 2.15. The Morgan fingerprint density at radius 2 is 2.09 bits per heavy atom. The zero-order chi connectivity index (χ0) is 15.8. The molecule has 0 radical (unpaired) electrons. The van der Waals surface area contributed by atoms with Crippen molar-refractivity contribution in [2.24, 2.45) is 0 Å². The fraction of sp³-hybridized carbons (Fsp3) is 0.600. The van der Waals surface area contributed by atoms with E-state index in [0.29, 0.717) is 31.9 Å². The maximum atomic E-state index is 12.1. The van der Waals surface area contributed by atoms with Gasteiger partial charge in [-0.05, 0) is 43.5 Å². The Morgan fingerprint density at radius 3 is 2.73 bits per heavy atom. The molecule has 0 aliphatic carbocycles. The number of hydrogen-bond acceptors (Lipinski definition) is 5. The summed E-state index contributed by atoms with van der Waals surface area (Å²) in [6, 6.07) is 6.29. The normalized spacial score (nSPS) is 18.5. The number of sulfonamides is 1. The molecule has 124 valence electrons. The minimum Gasteiger partial charge on any atom is -0.497 e. The van der Waals surface area contributed by atoms with E-state index in [1.54, 1.807) is 19.2 Å². The lowest BCUT2D eigenvalue weighted by Crippen LogP contribution is -2.26. The van der Waals surface area contributed by atoms with Gasteiger partial charge in [0.1, 0.15) is 5.75 Å². The second-order valence-corrected chi connectivity index (χ2v) is 6.90. The highest BCUT2D eigenvalue weighted by atomic mass is 32.2. The maximum Gasteiger partial charge on any atom is 0.240 e. The van der Waals surface area contributed by atoms with E-state index in [9.17, 15) is 8.42 Å². The Balaban J connectivity index is 1.66. The third kappa shape index (κ3) is 5.24. The van der Waals surface area contributed by atoms with Crippen LogP contribution in [-0.4, -0.2) is 48.0 Å². The molecule has 1 aliphatic rings. The predicted octanol–water partition coefficient (Wildman–Crippen LogP) is 1.56. The van der Waals surface area contributed by atoms with Crippen molar-refractivity contribution in [3.05, 3.63) is 24.3 Å². The minimum atomic E-state index is -3.47. The van der Waals surface area contributed by atoms with Gasteiger partial charge in [0.2, 0.25) is 10.0 Å². The van der Waals surface area contributed by atoms with E-state index < -0.39 is 10.0 Å². The van der Waals surface area contributed by atoms with Crippen molar-refractivity contribution in [2.75, 3.05) is 33.5 Å². The van der Waals surface area contributed by atoms with Crippen molar-refractivity contribution in [3.8, 4) is 5.75 Å². The topological polar surface area (TPSA) is 73.9 Å². The molecule has 1 N–H and O–H groups in total. The molecule has 1 aromatic rings. The highest BCUT2D eigenvalue weighted by molar-refractivity contribution is 7.89. The van der Waals surface area contributed by atoms with Crippen LogP contribution in [0.25, 0.3) is 0 Å². The summed E-state index contributed by atoms with van der Waals surface area (Å²) in [7, 11) is -1.93. The van der Waals surface area contributed by atoms with Crippen molar-refractivity contribution in [1.29, 1.82) is 0 Å². The lowest BCUT2D eigenvalue weighted by molar-refractivity contribution is 0.0169. The molecule has 0 spiro atoms. The molecule has 0 unspecified atom stereocenters. The molecule has 0 saturated carbocycles. The summed E-state index contributed by atoms with van der Waals surface area (Å²) in [5, 5.41) is 0. The van der Waals surface area contributed by atoms with E-state index in [4.69, 9.17) is 14.2 Å². The summed E-state index contributed by atoms with van der Waals surface area (Å²) in [4.78, 5) is 0.230. The van der Waals surface area contributed by atoms with Crippen LogP contribution in [0.15, 0.2) is 29.2 Å². The van der Waals surface area contributed by atoms with E-state index in [-0.39, 0.29) is 11.0 Å². The Bertz CT molecular complexity index is 538. The molecule has 1 aliphatic heterocycles. The zero-order valence-electron chi connectivity index (χ0n) is 12.8. The first-order valence-corrected chi connectivity index (χ1v) is 8.93. The Morgan fingerprint density at radius 1 is 1.32 bits per heavy atom. The fourth-order valence-corrected chi connectivity index (χ4v) is 3.28. The van der Waals surface area contributed by atoms with Gasteiger partial charge in [-0.25, -0.2) is 13.1 Å². The van der Waals surface area contributed by atoms with Gasteiger partial charge in [-0.3, -0.25) is 0 Å². The molecule has 2 rings (SSSR count). The third-order valence-corrected chi connectivity index (χ3v) is 4.93. The van der Waals surface area contributed by atoms with Crippen LogP contribution in [0.1, 0.15) is 19.3 Å². The Kier molecular flexibility index (Phi) is 6.63. The second-order valence-electron chi connectivity index (χ2n) is 5.14. The molecule has 0 amide bonds. The molecule has 0 bridgehead atoms. The van der Waals surface area contributed by atoms with Crippen LogP contribution in [0.4, 0.5) is 0 Å². The lowest BCUT2D eigenvalue weighted by Gasteiger charge is -2.10. The monoisotopic (exact) mass is 329 g/mol. The van der Waals surface area contributed by atoms with Gasteiger partial charge in [0.15, 0.2) is 0 Å². The van der Waals surface area contributed by atoms with Crippen molar-refractivity contribution in [2.45, 2.75) is 30.3 Å². The van der Waals surface area contributed by atoms with Gasteiger partial charge in [0, 0.05) is 19.8 Å². The Hall–Kier alpha value is -1.15. The summed E-state index contributed by atoms with van der Waals surface area (Å²) in [5.74, 6) is 0.626. The van der Waals surface area contributed by atoms with Crippen LogP contribution in [-0.2, 0) is 19.5 Å². The van der Waals surface area contributed by atoms with Gasteiger partial charge in [0.05, 0.1) is 24.7 Å². The lowest BCUT2D eigenvalue weighted by atomic mass is 10.2. The van der Waals surface area contributed by atoms with Crippen LogP contribution in [0.3, 0.4) is 0 Å². The number of nitrogens with one attached hydrogen (secondary N) is 1. The summed E-state index contributed by atoms with van der Waals surface area (Å²) in [6.45, 7) is 2.27. The van der Waals surface area contributed by atoms with Gasteiger partial charge in [0.25, 0.3) is 0 Å². The molecule has 1 atom stereocenters. The second kappa shape index (κ2) is 8.47. The van der Waals surface area contributed by atoms with Crippen LogP contribution >= 0.6 is 0 Å². The van der Waals surface area contributed by atoms with Crippen LogP contribution in [0.2, 0.25) is 0 Å². The average Bonchev–Trinajstić information content (AvgIpc) is 3.04. The van der Waals surface area contributed by atoms with E-state index in [1.807, 2.05) is 0 Å². The quantitative estimate of drug-likeness (QED) is 0.696. The molecule has 6 nitrogen and oxygen atoms in total. The zero-order valence-corrected chi connectivity index (χ0v) is 13.6. The summed E-state index contributed by atoms with van der Waals surface area (Å²) < 4.78 is 42.6. The molecule has 1 aromatic carbocycles. The number of methoxy groups -OCH3 is 1. The van der Waals surface area contributed by atoms with E-state index in [1.165, 1.54) is 12.1 Å². The first-order valence-electron chi connectivity index (χ1n) is 7.45. The molecule has 22 heavy (non-hydrogen) atoms. The summed E-state index contributed by atoms with van der Waals surface area (Å²) >= 11 is 0. The predicted molar refractivity (Wildman–Crippen MR) is 82.6 cm³/mol.